The second kappa shape index (κ2) is 6.70. The van der Waals surface area contributed by atoms with E-state index in [9.17, 15) is 14.7 Å². The van der Waals surface area contributed by atoms with Crippen LogP contribution in [0.15, 0.2) is 0 Å². The van der Waals surface area contributed by atoms with Crippen LogP contribution < -0.4 is 10.6 Å². The summed E-state index contributed by atoms with van der Waals surface area (Å²) in [6, 6.07) is -0.813. The summed E-state index contributed by atoms with van der Waals surface area (Å²) >= 11 is 0. The molecule has 18 heavy (non-hydrogen) atoms. The van der Waals surface area contributed by atoms with Gasteiger partial charge in [-0.1, -0.05) is 0 Å². The van der Waals surface area contributed by atoms with Crippen LogP contribution in [0.2, 0.25) is 0 Å². The number of likely N-dealkylation sites (N-methyl/N-ethyl adjacent to an activating group) is 1. The molecule has 3 N–H and O–H groups in total. The molecule has 0 radical (unpaired) electrons. The van der Waals surface area contributed by atoms with Crippen molar-refractivity contribution in [3.63, 3.8) is 0 Å². The van der Waals surface area contributed by atoms with E-state index in [1.165, 1.54) is 0 Å². The Balaban J connectivity index is 2.30. The minimum atomic E-state index is -0.457. The fourth-order valence-electron chi connectivity index (χ4n) is 2.04. The Morgan fingerprint density at radius 3 is 2.56 bits per heavy atom. The van der Waals surface area contributed by atoms with Crippen LogP contribution in [0.4, 0.5) is 4.79 Å². The second-order valence-corrected chi connectivity index (χ2v) is 4.96. The fourth-order valence-corrected chi connectivity index (χ4v) is 2.04. The maximum Gasteiger partial charge on any atom is 0.321 e. The first-order valence-electron chi connectivity index (χ1n) is 6.41. The summed E-state index contributed by atoms with van der Waals surface area (Å²) in [6.45, 7) is 4.81. The Kier molecular flexibility index (Phi) is 5.55. The smallest absolute Gasteiger partial charge is 0.321 e. The third kappa shape index (κ3) is 4.27. The molecule has 0 spiro atoms. The molecule has 1 atom stereocenters. The highest BCUT2D eigenvalue weighted by atomic mass is 16.3. The standard InChI is InChI=1S/C12H23N3O3/c1-4-13-12(18)14-11(17)8(2)15(3)7-9-5-10(16)6-9/h8-10,16H,4-7H2,1-3H3,(H2,13,14,17,18). The largest absolute Gasteiger partial charge is 0.393 e. The molecule has 0 saturated heterocycles. The van der Waals surface area contributed by atoms with Crippen LogP contribution in [0.25, 0.3) is 0 Å². The van der Waals surface area contributed by atoms with Gasteiger partial charge in [0.25, 0.3) is 0 Å². The number of hydrogen-bond donors (Lipinski definition) is 3. The summed E-state index contributed by atoms with van der Waals surface area (Å²) in [7, 11) is 1.85. The van der Waals surface area contributed by atoms with Crippen LogP contribution in [0.1, 0.15) is 26.7 Å². The molecule has 1 aliphatic carbocycles. The average molecular weight is 257 g/mol. The van der Waals surface area contributed by atoms with Gasteiger partial charge in [0, 0.05) is 13.1 Å². The van der Waals surface area contributed by atoms with Crippen molar-refractivity contribution in [1.82, 2.24) is 15.5 Å². The summed E-state index contributed by atoms with van der Waals surface area (Å²) in [4.78, 5) is 24.9. The number of amides is 3. The molecule has 0 aromatic rings. The lowest BCUT2D eigenvalue weighted by atomic mass is 9.82. The molecule has 1 rings (SSSR count). The number of urea groups is 1. The number of aliphatic hydroxyl groups is 1. The zero-order valence-electron chi connectivity index (χ0n) is 11.3. The number of hydrogen-bond acceptors (Lipinski definition) is 4. The third-order valence-corrected chi connectivity index (χ3v) is 3.37. The van der Waals surface area contributed by atoms with Crippen molar-refractivity contribution in [3.8, 4) is 0 Å². The van der Waals surface area contributed by atoms with Crippen LogP contribution in [0.3, 0.4) is 0 Å². The maximum atomic E-state index is 11.8. The Labute approximate surface area is 108 Å². The van der Waals surface area contributed by atoms with Crippen molar-refractivity contribution in [2.24, 2.45) is 5.92 Å². The van der Waals surface area contributed by atoms with E-state index in [1.807, 2.05) is 11.9 Å². The molecule has 0 aliphatic heterocycles. The third-order valence-electron chi connectivity index (χ3n) is 3.37. The second-order valence-electron chi connectivity index (χ2n) is 4.96. The van der Waals surface area contributed by atoms with Crippen molar-refractivity contribution >= 4 is 11.9 Å². The lowest BCUT2D eigenvalue weighted by molar-refractivity contribution is -0.124. The number of nitrogens with zero attached hydrogens (tertiary/aromatic N) is 1. The molecule has 1 aliphatic rings. The average Bonchev–Trinajstić information content (AvgIpc) is 2.25. The number of imide groups is 1. The topological polar surface area (TPSA) is 81.7 Å². The molecule has 6 nitrogen and oxygen atoms in total. The van der Waals surface area contributed by atoms with Gasteiger partial charge >= 0.3 is 6.03 Å². The van der Waals surface area contributed by atoms with Crippen LogP contribution in [-0.2, 0) is 4.79 Å². The minimum absolute atomic E-state index is 0.178. The SMILES string of the molecule is CCNC(=O)NC(=O)C(C)N(C)CC1CC(O)C1. The van der Waals surface area contributed by atoms with Gasteiger partial charge in [-0.15, -0.1) is 0 Å². The van der Waals surface area contributed by atoms with Crippen molar-refractivity contribution in [2.75, 3.05) is 20.1 Å². The number of rotatable bonds is 5. The Bertz CT molecular complexity index is 303. The van der Waals surface area contributed by atoms with Crippen molar-refractivity contribution in [2.45, 2.75) is 38.8 Å². The molecule has 3 amide bonds. The predicted molar refractivity (Wildman–Crippen MR) is 68.0 cm³/mol. The van der Waals surface area contributed by atoms with Gasteiger partial charge in [-0.25, -0.2) is 4.79 Å². The van der Waals surface area contributed by atoms with E-state index in [-0.39, 0.29) is 18.1 Å². The van der Waals surface area contributed by atoms with Gasteiger partial charge in [0.05, 0.1) is 12.1 Å². The highest BCUT2D eigenvalue weighted by Gasteiger charge is 2.30. The van der Waals surface area contributed by atoms with E-state index in [1.54, 1.807) is 13.8 Å². The molecular formula is C12H23N3O3. The van der Waals surface area contributed by atoms with Gasteiger partial charge in [-0.05, 0) is 39.7 Å². The Morgan fingerprint density at radius 1 is 1.44 bits per heavy atom. The molecule has 104 valence electrons. The first-order chi connectivity index (χ1) is 8.43. The summed E-state index contributed by atoms with van der Waals surface area (Å²) in [5.74, 6) is 0.146. The van der Waals surface area contributed by atoms with Crippen molar-refractivity contribution < 1.29 is 14.7 Å². The molecule has 1 unspecified atom stereocenters. The molecule has 0 aromatic carbocycles. The zero-order chi connectivity index (χ0) is 13.7. The van der Waals surface area contributed by atoms with E-state index < -0.39 is 6.03 Å². The quantitative estimate of drug-likeness (QED) is 0.643. The van der Waals surface area contributed by atoms with Crippen LogP contribution >= 0.6 is 0 Å². The molecule has 6 heteroatoms. The van der Waals surface area contributed by atoms with E-state index in [4.69, 9.17) is 0 Å². The van der Waals surface area contributed by atoms with Crippen LogP contribution in [-0.4, -0.2) is 54.2 Å². The highest BCUT2D eigenvalue weighted by molar-refractivity contribution is 5.96. The van der Waals surface area contributed by atoms with E-state index in [2.05, 4.69) is 10.6 Å². The summed E-state index contributed by atoms with van der Waals surface area (Å²) in [6.07, 6.45) is 1.42. The molecular weight excluding hydrogens is 234 g/mol. The number of aliphatic hydroxyl groups excluding tert-OH is 1. The van der Waals surface area contributed by atoms with Gasteiger partial charge in [0.15, 0.2) is 0 Å². The fraction of sp³-hybridized carbons (Fsp3) is 0.833. The minimum Gasteiger partial charge on any atom is -0.393 e. The molecule has 1 fully saturated rings. The first kappa shape index (κ1) is 14.9. The van der Waals surface area contributed by atoms with Crippen molar-refractivity contribution in [3.05, 3.63) is 0 Å². The van der Waals surface area contributed by atoms with Crippen molar-refractivity contribution in [1.29, 1.82) is 0 Å². The van der Waals surface area contributed by atoms with Crippen LogP contribution in [0, 0.1) is 5.92 Å². The van der Waals surface area contributed by atoms with E-state index in [0.29, 0.717) is 12.5 Å². The Morgan fingerprint density at radius 2 is 2.06 bits per heavy atom. The molecule has 1 saturated carbocycles. The monoisotopic (exact) mass is 257 g/mol. The number of nitrogens with one attached hydrogen (secondary N) is 2. The number of carbonyl (C=O) groups excluding carboxylic acids is 2. The zero-order valence-corrected chi connectivity index (χ0v) is 11.3. The van der Waals surface area contributed by atoms with Gasteiger partial charge in [0.2, 0.25) is 5.91 Å². The summed E-state index contributed by atoms with van der Waals surface area (Å²) in [5.41, 5.74) is 0. The maximum absolute atomic E-state index is 11.8. The molecule has 0 aromatic heterocycles. The lowest BCUT2D eigenvalue weighted by Crippen LogP contribution is -2.50. The van der Waals surface area contributed by atoms with E-state index >= 15 is 0 Å². The van der Waals surface area contributed by atoms with Gasteiger partial charge < -0.3 is 10.4 Å². The lowest BCUT2D eigenvalue weighted by Gasteiger charge is -2.36. The highest BCUT2D eigenvalue weighted by Crippen LogP contribution is 2.27. The summed E-state index contributed by atoms with van der Waals surface area (Å²) in [5, 5.41) is 14.0. The Hall–Kier alpha value is -1.14. The molecule has 0 bridgehead atoms. The molecule has 0 heterocycles. The van der Waals surface area contributed by atoms with Crippen LogP contribution in [0.5, 0.6) is 0 Å². The van der Waals surface area contributed by atoms with Gasteiger partial charge in [-0.2, -0.15) is 0 Å². The number of carbonyl (C=O) groups is 2. The normalized spacial score (nSPS) is 24.3. The summed E-state index contributed by atoms with van der Waals surface area (Å²) < 4.78 is 0. The predicted octanol–water partition coefficient (Wildman–Crippen LogP) is -0.0767. The van der Waals surface area contributed by atoms with Gasteiger partial charge in [0.1, 0.15) is 0 Å². The first-order valence-corrected chi connectivity index (χ1v) is 6.41. The van der Waals surface area contributed by atoms with E-state index in [0.717, 1.165) is 19.4 Å². The van der Waals surface area contributed by atoms with Gasteiger partial charge in [-0.3, -0.25) is 15.0 Å².